The van der Waals surface area contributed by atoms with Crippen molar-refractivity contribution >= 4 is 60.3 Å². The molecular weight excluding hydrogens is 390 g/mol. The number of non-ortho nitro benzene ring substituents is 1. The molecule has 9 nitrogen and oxygen atoms in total. The molecule has 6 rings (SSSR count). The van der Waals surface area contributed by atoms with Gasteiger partial charge in [0.05, 0.1) is 16.0 Å². The number of hydrogen-bond donors (Lipinski definition) is 0. The molecule has 0 fully saturated rings. The van der Waals surface area contributed by atoms with E-state index in [9.17, 15) is 10.1 Å². The minimum atomic E-state index is -0.451. The maximum absolute atomic E-state index is 11.0. The second-order valence-electron chi connectivity index (χ2n) is 6.42. The van der Waals surface area contributed by atoms with Crippen LogP contribution in [0.5, 0.6) is 0 Å². The molecule has 0 aliphatic carbocycles. The van der Waals surface area contributed by atoms with Crippen molar-refractivity contribution in [3.63, 3.8) is 0 Å². The zero-order chi connectivity index (χ0) is 19.5. The van der Waals surface area contributed by atoms with Gasteiger partial charge in [-0.05, 0) is 17.5 Å². The van der Waals surface area contributed by atoms with Crippen molar-refractivity contribution in [1.82, 2.24) is 29.9 Å². The topological polar surface area (TPSA) is 113 Å². The van der Waals surface area contributed by atoms with E-state index in [2.05, 4.69) is 25.1 Å². The van der Waals surface area contributed by atoms with Crippen LogP contribution in [-0.2, 0) is 0 Å². The van der Waals surface area contributed by atoms with E-state index in [0.717, 1.165) is 21.8 Å². The van der Waals surface area contributed by atoms with E-state index in [1.807, 2.05) is 36.4 Å². The van der Waals surface area contributed by atoms with Gasteiger partial charge in [-0.1, -0.05) is 41.7 Å². The smallest absolute Gasteiger partial charge is 0.258 e. The van der Waals surface area contributed by atoms with Crippen molar-refractivity contribution in [2.24, 2.45) is 0 Å². The first-order valence-corrected chi connectivity index (χ1v) is 9.45. The van der Waals surface area contributed by atoms with E-state index < -0.39 is 4.92 Å². The summed E-state index contributed by atoms with van der Waals surface area (Å²) in [5, 5.41) is 22.8. The Bertz CT molecular complexity index is 1600. The summed E-state index contributed by atoms with van der Waals surface area (Å²) in [6.45, 7) is 0. The molecule has 3 heterocycles. The van der Waals surface area contributed by atoms with Gasteiger partial charge in [0.2, 0.25) is 5.13 Å². The second-order valence-corrected chi connectivity index (χ2v) is 7.38. The summed E-state index contributed by atoms with van der Waals surface area (Å²) >= 11 is 1.28. The normalized spacial score (nSPS) is 11.7. The van der Waals surface area contributed by atoms with Crippen LogP contribution in [0.2, 0.25) is 0 Å². The van der Waals surface area contributed by atoms with Crippen molar-refractivity contribution in [2.75, 3.05) is 0 Å². The Morgan fingerprint density at radius 2 is 1.76 bits per heavy atom. The quantitative estimate of drug-likeness (QED) is 0.319. The molecule has 0 unspecified atom stereocenters. The number of nitro groups is 1. The molecule has 3 aromatic heterocycles. The van der Waals surface area contributed by atoms with E-state index in [1.54, 1.807) is 6.07 Å². The summed E-state index contributed by atoms with van der Waals surface area (Å²) in [5.74, 6) is 0. The predicted octanol–water partition coefficient (Wildman–Crippen LogP) is 4.03. The third kappa shape index (κ3) is 2.43. The first-order chi connectivity index (χ1) is 14.2. The van der Waals surface area contributed by atoms with Crippen LogP contribution in [-0.4, -0.2) is 34.9 Å². The molecule has 0 saturated carbocycles. The third-order valence-electron chi connectivity index (χ3n) is 4.65. The SMILES string of the molecule is O=[N+]([O-])c1ccc2nc3nc(-n4nc5ccc6ccccc6c5n4)sc3nc2c1. The maximum atomic E-state index is 11.0. The molecule has 138 valence electrons. The molecule has 0 aliphatic rings. The van der Waals surface area contributed by atoms with Crippen LogP contribution in [0.4, 0.5) is 5.69 Å². The maximum Gasteiger partial charge on any atom is 0.271 e. The van der Waals surface area contributed by atoms with Gasteiger partial charge in [0.1, 0.15) is 11.0 Å². The van der Waals surface area contributed by atoms with Gasteiger partial charge in [0, 0.05) is 17.5 Å². The molecule has 3 aromatic carbocycles. The Hall–Kier alpha value is -4.05. The lowest BCUT2D eigenvalue weighted by Gasteiger charge is -1.96. The number of rotatable bonds is 2. The average molecular weight is 399 g/mol. The average Bonchev–Trinajstić information content (AvgIpc) is 3.35. The number of nitro benzene ring substituents is 1. The fraction of sp³-hybridized carbons (Fsp3) is 0. The molecule has 0 saturated heterocycles. The summed E-state index contributed by atoms with van der Waals surface area (Å²) in [7, 11) is 0. The highest BCUT2D eigenvalue weighted by molar-refractivity contribution is 7.20. The van der Waals surface area contributed by atoms with Gasteiger partial charge in [0.15, 0.2) is 10.5 Å². The fourth-order valence-corrected chi connectivity index (χ4v) is 4.09. The van der Waals surface area contributed by atoms with Crippen molar-refractivity contribution in [2.45, 2.75) is 0 Å². The Morgan fingerprint density at radius 3 is 2.66 bits per heavy atom. The van der Waals surface area contributed by atoms with E-state index >= 15 is 0 Å². The Kier molecular flexibility index (Phi) is 3.15. The molecule has 0 bridgehead atoms. The number of nitrogens with zero attached hydrogens (tertiary/aromatic N) is 7. The minimum Gasteiger partial charge on any atom is -0.258 e. The zero-order valence-corrected chi connectivity index (χ0v) is 15.4. The predicted molar refractivity (Wildman–Crippen MR) is 109 cm³/mol. The van der Waals surface area contributed by atoms with E-state index in [1.165, 1.54) is 28.3 Å². The van der Waals surface area contributed by atoms with Gasteiger partial charge >= 0.3 is 0 Å². The fourth-order valence-electron chi connectivity index (χ4n) is 3.29. The zero-order valence-electron chi connectivity index (χ0n) is 14.6. The van der Waals surface area contributed by atoms with Gasteiger partial charge in [-0.2, -0.15) is 4.98 Å². The highest BCUT2D eigenvalue weighted by Gasteiger charge is 2.15. The molecule has 0 N–H and O–H groups in total. The van der Waals surface area contributed by atoms with E-state index in [0.29, 0.717) is 26.6 Å². The first-order valence-electron chi connectivity index (χ1n) is 8.64. The number of aromatic nitrogens is 6. The van der Waals surface area contributed by atoms with Crippen LogP contribution < -0.4 is 0 Å². The van der Waals surface area contributed by atoms with Gasteiger partial charge in [-0.3, -0.25) is 10.1 Å². The van der Waals surface area contributed by atoms with E-state index in [-0.39, 0.29) is 5.69 Å². The largest absolute Gasteiger partial charge is 0.271 e. The van der Waals surface area contributed by atoms with Crippen LogP contribution >= 0.6 is 11.3 Å². The van der Waals surface area contributed by atoms with Crippen molar-refractivity contribution in [3.8, 4) is 5.13 Å². The molecular formula is C19H9N7O2S. The Labute approximate surface area is 165 Å². The van der Waals surface area contributed by atoms with Crippen molar-refractivity contribution in [3.05, 3.63) is 64.7 Å². The third-order valence-corrected chi connectivity index (χ3v) is 5.55. The van der Waals surface area contributed by atoms with Gasteiger partial charge in [-0.25, -0.2) is 9.97 Å². The minimum absolute atomic E-state index is 0.0252. The highest BCUT2D eigenvalue weighted by Crippen LogP contribution is 2.27. The Balaban J connectivity index is 1.54. The highest BCUT2D eigenvalue weighted by atomic mass is 32.1. The Morgan fingerprint density at radius 1 is 0.897 bits per heavy atom. The lowest BCUT2D eigenvalue weighted by Crippen LogP contribution is -1.97. The summed E-state index contributed by atoms with van der Waals surface area (Å²) < 4.78 is 0. The van der Waals surface area contributed by atoms with Crippen LogP contribution in [0.3, 0.4) is 0 Å². The molecule has 0 atom stereocenters. The molecule has 0 amide bonds. The summed E-state index contributed by atoms with van der Waals surface area (Å²) in [6, 6.07) is 16.3. The van der Waals surface area contributed by atoms with Crippen LogP contribution in [0.15, 0.2) is 54.6 Å². The van der Waals surface area contributed by atoms with Crippen LogP contribution in [0.25, 0.3) is 48.4 Å². The lowest BCUT2D eigenvalue weighted by atomic mass is 10.1. The number of thiazole rings is 1. The summed E-state index contributed by atoms with van der Waals surface area (Å²) in [4.78, 5) is 26.1. The molecule has 0 radical (unpaired) electrons. The molecule has 0 spiro atoms. The number of benzene rings is 3. The second kappa shape index (κ2) is 5.72. The monoisotopic (exact) mass is 399 g/mol. The first kappa shape index (κ1) is 16.0. The van der Waals surface area contributed by atoms with Gasteiger partial charge in [0.25, 0.3) is 5.69 Å². The van der Waals surface area contributed by atoms with Crippen LogP contribution in [0.1, 0.15) is 0 Å². The van der Waals surface area contributed by atoms with Crippen LogP contribution in [0, 0.1) is 10.1 Å². The molecule has 0 aliphatic heterocycles. The van der Waals surface area contributed by atoms with Crippen molar-refractivity contribution in [1.29, 1.82) is 0 Å². The summed E-state index contributed by atoms with van der Waals surface area (Å²) in [5.41, 5.74) is 2.99. The van der Waals surface area contributed by atoms with E-state index in [4.69, 9.17) is 0 Å². The van der Waals surface area contributed by atoms with Gasteiger partial charge in [-0.15, -0.1) is 15.0 Å². The lowest BCUT2D eigenvalue weighted by molar-refractivity contribution is -0.384. The molecule has 10 heteroatoms. The van der Waals surface area contributed by atoms with Gasteiger partial charge < -0.3 is 0 Å². The molecule has 29 heavy (non-hydrogen) atoms. The summed E-state index contributed by atoms with van der Waals surface area (Å²) in [6.07, 6.45) is 0. The number of hydrogen-bond acceptors (Lipinski definition) is 8. The standard InChI is InChI=1S/C19H9N7O2S/c27-26(28)11-6-8-13-15(9-11)21-18-17(20-13)22-19(29-18)25-23-14-7-5-10-3-1-2-4-12(10)16(14)24-25/h1-9H. The van der Waals surface area contributed by atoms with Crippen molar-refractivity contribution < 1.29 is 4.92 Å². The molecule has 6 aromatic rings. The number of fused-ring (bicyclic) bond motifs is 5.